The second-order valence-corrected chi connectivity index (χ2v) is 6.26. The molecular weight excluding hydrogens is 254 g/mol. The van der Waals surface area contributed by atoms with Crippen molar-refractivity contribution < 1.29 is 4.79 Å². The van der Waals surface area contributed by atoms with Gasteiger partial charge in [-0.3, -0.25) is 14.8 Å². The number of nitrogens with one attached hydrogen (secondary N) is 1. The number of piperidine rings is 1. The molecule has 3 aliphatic rings. The number of hydrogen-bond acceptors (Lipinski definition) is 4. The fraction of sp³-hybridized carbons (Fsp3) is 0.786. The number of aromatic nitrogens is 3. The second-order valence-electron chi connectivity index (χ2n) is 6.26. The van der Waals surface area contributed by atoms with Gasteiger partial charge in [-0.15, -0.1) is 5.10 Å². The van der Waals surface area contributed by atoms with Crippen molar-refractivity contribution in [3.63, 3.8) is 0 Å². The zero-order chi connectivity index (χ0) is 13.5. The van der Waals surface area contributed by atoms with Gasteiger partial charge in [-0.2, -0.15) is 0 Å². The number of aromatic amines is 1. The van der Waals surface area contributed by atoms with E-state index in [1.165, 1.54) is 38.6 Å². The Labute approximate surface area is 118 Å². The fourth-order valence-corrected chi connectivity index (χ4v) is 3.39. The monoisotopic (exact) mass is 275 g/mol. The summed E-state index contributed by atoms with van der Waals surface area (Å²) in [6.07, 6.45) is 6.14. The Kier molecular flexibility index (Phi) is 2.98. The van der Waals surface area contributed by atoms with Crippen LogP contribution in [0.2, 0.25) is 0 Å². The molecule has 1 atom stereocenters. The maximum absolute atomic E-state index is 12.5. The highest BCUT2D eigenvalue weighted by atomic mass is 16.2. The summed E-state index contributed by atoms with van der Waals surface area (Å²) in [6, 6.07) is 0.545. The third-order valence-electron chi connectivity index (χ3n) is 4.78. The van der Waals surface area contributed by atoms with Gasteiger partial charge < -0.3 is 4.90 Å². The number of amides is 1. The highest BCUT2D eigenvalue weighted by Crippen LogP contribution is 2.37. The zero-order valence-corrected chi connectivity index (χ0v) is 11.7. The van der Waals surface area contributed by atoms with Gasteiger partial charge in [-0.25, -0.2) is 4.98 Å². The Morgan fingerprint density at radius 1 is 1.15 bits per heavy atom. The van der Waals surface area contributed by atoms with Crippen LogP contribution >= 0.6 is 0 Å². The van der Waals surface area contributed by atoms with E-state index in [1.807, 2.05) is 4.90 Å². The van der Waals surface area contributed by atoms with Crippen LogP contribution in [0.15, 0.2) is 0 Å². The minimum absolute atomic E-state index is 0.00151. The molecule has 4 rings (SSSR count). The second kappa shape index (κ2) is 4.84. The molecule has 2 saturated heterocycles. The molecule has 1 saturated carbocycles. The van der Waals surface area contributed by atoms with E-state index in [4.69, 9.17) is 0 Å². The predicted octanol–water partition coefficient (Wildman–Crippen LogP) is 0.992. The summed E-state index contributed by atoms with van der Waals surface area (Å²) in [5.74, 6) is 1.76. The van der Waals surface area contributed by atoms with E-state index in [1.54, 1.807) is 0 Å². The molecule has 1 amide bonds. The number of fused-ring (bicyclic) bond motifs is 1. The number of carbonyl (C=O) groups is 1. The van der Waals surface area contributed by atoms with Crippen molar-refractivity contribution in [3.05, 3.63) is 11.6 Å². The lowest BCUT2D eigenvalue weighted by Crippen LogP contribution is -2.56. The lowest BCUT2D eigenvalue weighted by molar-refractivity contribution is 0.0364. The van der Waals surface area contributed by atoms with E-state index < -0.39 is 0 Å². The van der Waals surface area contributed by atoms with Crippen LogP contribution in [0, 0.1) is 0 Å². The van der Waals surface area contributed by atoms with E-state index in [0.29, 0.717) is 17.8 Å². The Bertz CT molecular complexity index is 509. The van der Waals surface area contributed by atoms with Crippen LogP contribution in [0.5, 0.6) is 0 Å². The number of nitrogens with zero attached hydrogens (tertiary/aromatic N) is 4. The fourth-order valence-electron chi connectivity index (χ4n) is 3.39. The standard InChI is InChI=1S/C14H21N5O/c20-14(13-15-12(16-17-13)10-4-5-10)19-8-7-18-6-2-1-3-11(18)9-19/h10-11H,1-9H2,(H,15,16,17). The highest BCUT2D eigenvalue weighted by Gasteiger charge is 2.33. The third kappa shape index (κ3) is 2.22. The molecule has 1 unspecified atom stereocenters. The quantitative estimate of drug-likeness (QED) is 0.874. The topological polar surface area (TPSA) is 65.1 Å². The maximum Gasteiger partial charge on any atom is 0.293 e. The Morgan fingerprint density at radius 3 is 2.90 bits per heavy atom. The number of rotatable bonds is 2. The smallest absolute Gasteiger partial charge is 0.293 e. The zero-order valence-electron chi connectivity index (χ0n) is 11.7. The van der Waals surface area contributed by atoms with Gasteiger partial charge in [0, 0.05) is 31.6 Å². The van der Waals surface area contributed by atoms with Crippen molar-refractivity contribution in [2.75, 3.05) is 26.2 Å². The molecule has 108 valence electrons. The van der Waals surface area contributed by atoms with Crippen molar-refractivity contribution in [3.8, 4) is 0 Å². The van der Waals surface area contributed by atoms with Crippen LogP contribution in [-0.4, -0.2) is 63.1 Å². The molecule has 0 aromatic carbocycles. The number of carbonyl (C=O) groups excluding carboxylic acids is 1. The Balaban J connectivity index is 1.44. The molecule has 1 aromatic rings. The van der Waals surface area contributed by atoms with Crippen molar-refractivity contribution >= 4 is 5.91 Å². The van der Waals surface area contributed by atoms with E-state index in [0.717, 1.165) is 25.5 Å². The number of hydrogen-bond donors (Lipinski definition) is 1. The average molecular weight is 275 g/mol. The maximum atomic E-state index is 12.5. The predicted molar refractivity (Wildman–Crippen MR) is 73.5 cm³/mol. The van der Waals surface area contributed by atoms with Crippen LogP contribution in [-0.2, 0) is 0 Å². The van der Waals surface area contributed by atoms with Gasteiger partial charge in [0.15, 0.2) is 0 Å². The first-order valence-electron chi connectivity index (χ1n) is 7.77. The molecule has 3 fully saturated rings. The van der Waals surface area contributed by atoms with Gasteiger partial charge in [-0.05, 0) is 32.2 Å². The summed E-state index contributed by atoms with van der Waals surface area (Å²) in [4.78, 5) is 21.3. The third-order valence-corrected chi connectivity index (χ3v) is 4.78. The van der Waals surface area contributed by atoms with Crippen molar-refractivity contribution in [2.45, 2.75) is 44.1 Å². The minimum atomic E-state index is -0.00151. The number of H-pyrrole nitrogens is 1. The molecule has 3 heterocycles. The van der Waals surface area contributed by atoms with Crippen LogP contribution in [0.4, 0.5) is 0 Å². The Hall–Kier alpha value is -1.43. The first-order chi connectivity index (χ1) is 9.81. The first kappa shape index (κ1) is 12.3. The van der Waals surface area contributed by atoms with Crippen molar-refractivity contribution in [1.29, 1.82) is 0 Å². The molecular formula is C14H21N5O. The van der Waals surface area contributed by atoms with Crippen LogP contribution < -0.4 is 0 Å². The molecule has 2 aliphatic heterocycles. The SMILES string of the molecule is O=C(c1n[nH]c(C2CC2)n1)N1CCN2CCCCC2C1. The molecule has 6 nitrogen and oxygen atoms in total. The average Bonchev–Trinajstić information content (AvgIpc) is 3.23. The summed E-state index contributed by atoms with van der Waals surface area (Å²) < 4.78 is 0. The van der Waals surface area contributed by atoms with Gasteiger partial charge in [0.05, 0.1) is 0 Å². The summed E-state index contributed by atoms with van der Waals surface area (Å²) in [6.45, 7) is 3.84. The summed E-state index contributed by atoms with van der Waals surface area (Å²) in [5, 5.41) is 7.04. The van der Waals surface area contributed by atoms with Gasteiger partial charge >= 0.3 is 0 Å². The van der Waals surface area contributed by atoms with Crippen LogP contribution in [0.3, 0.4) is 0 Å². The Morgan fingerprint density at radius 2 is 2.05 bits per heavy atom. The molecule has 1 aliphatic carbocycles. The van der Waals surface area contributed by atoms with Crippen molar-refractivity contribution in [2.24, 2.45) is 0 Å². The molecule has 6 heteroatoms. The minimum Gasteiger partial charge on any atom is -0.333 e. The molecule has 0 radical (unpaired) electrons. The van der Waals surface area contributed by atoms with E-state index in [-0.39, 0.29) is 5.91 Å². The van der Waals surface area contributed by atoms with Crippen molar-refractivity contribution in [1.82, 2.24) is 25.0 Å². The van der Waals surface area contributed by atoms with Gasteiger partial charge in [0.1, 0.15) is 5.82 Å². The van der Waals surface area contributed by atoms with E-state index >= 15 is 0 Å². The molecule has 0 spiro atoms. The van der Waals surface area contributed by atoms with Gasteiger partial charge in [0.25, 0.3) is 5.91 Å². The lowest BCUT2D eigenvalue weighted by Gasteiger charge is -2.43. The molecule has 1 N–H and O–H groups in total. The highest BCUT2D eigenvalue weighted by molar-refractivity contribution is 5.90. The summed E-state index contributed by atoms with van der Waals surface area (Å²) in [7, 11) is 0. The van der Waals surface area contributed by atoms with Gasteiger partial charge in [0.2, 0.25) is 5.82 Å². The van der Waals surface area contributed by atoms with Crippen LogP contribution in [0.1, 0.15) is 54.5 Å². The molecule has 1 aromatic heterocycles. The normalized spacial score (nSPS) is 27.4. The summed E-state index contributed by atoms with van der Waals surface area (Å²) in [5.41, 5.74) is 0. The van der Waals surface area contributed by atoms with Gasteiger partial charge in [-0.1, -0.05) is 6.42 Å². The largest absolute Gasteiger partial charge is 0.333 e. The number of piperazine rings is 1. The van der Waals surface area contributed by atoms with Crippen LogP contribution in [0.25, 0.3) is 0 Å². The molecule has 20 heavy (non-hydrogen) atoms. The molecule has 0 bridgehead atoms. The lowest BCUT2D eigenvalue weighted by atomic mass is 9.99. The van der Waals surface area contributed by atoms with E-state index in [9.17, 15) is 4.79 Å². The summed E-state index contributed by atoms with van der Waals surface area (Å²) >= 11 is 0. The first-order valence-corrected chi connectivity index (χ1v) is 7.77. The van der Waals surface area contributed by atoms with E-state index in [2.05, 4.69) is 20.1 Å².